The van der Waals surface area contributed by atoms with Gasteiger partial charge in [0.05, 0.1) is 23.8 Å². The van der Waals surface area contributed by atoms with Crippen molar-refractivity contribution < 1.29 is 4.74 Å². The van der Waals surface area contributed by atoms with Gasteiger partial charge < -0.3 is 10.5 Å². The fraction of sp³-hybridized carbons (Fsp3) is 0.150. The van der Waals surface area contributed by atoms with Gasteiger partial charge in [-0.15, -0.1) is 0 Å². The third kappa shape index (κ3) is 2.11. The van der Waals surface area contributed by atoms with Crippen LogP contribution in [-0.2, 0) is 0 Å². The maximum absolute atomic E-state index is 9.65. The molecule has 0 bridgehead atoms. The standard InChI is InChI=1S/C20H17N5O/c1-11-8-9-16(26-3)12(2)18(11)25-19(22)13(10-21)17-20(25)24-15-7-5-4-6-14(15)23-17/h4-9H,22H2,1-3H3. The average molecular weight is 343 g/mol. The lowest BCUT2D eigenvalue weighted by Gasteiger charge is -2.16. The third-order valence-electron chi connectivity index (χ3n) is 4.64. The molecule has 0 amide bonds. The third-order valence-corrected chi connectivity index (χ3v) is 4.64. The lowest BCUT2D eigenvalue weighted by atomic mass is 10.1. The van der Waals surface area contributed by atoms with E-state index < -0.39 is 0 Å². The minimum atomic E-state index is 0.331. The number of fused-ring (bicyclic) bond motifs is 2. The molecule has 6 heteroatoms. The molecule has 2 heterocycles. The summed E-state index contributed by atoms with van der Waals surface area (Å²) in [5.74, 6) is 1.08. The van der Waals surface area contributed by atoms with Gasteiger partial charge >= 0.3 is 0 Å². The predicted octanol–water partition coefficient (Wildman–Crippen LogP) is 3.65. The smallest absolute Gasteiger partial charge is 0.167 e. The number of nitrogens with zero attached hydrogens (tertiary/aromatic N) is 4. The topological polar surface area (TPSA) is 89.8 Å². The number of rotatable bonds is 2. The number of benzene rings is 2. The zero-order valence-electron chi connectivity index (χ0n) is 14.7. The van der Waals surface area contributed by atoms with Crippen LogP contribution in [0.2, 0.25) is 0 Å². The maximum atomic E-state index is 9.65. The fourth-order valence-corrected chi connectivity index (χ4v) is 3.38. The predicted molar refractivity (Wildman–Crippen MR) is 102 cm³/mol. The number of nitrogens with two attached hydrogens (primary N) is 1. The Labute approximate surface area is 150 Å². The van der Waals surface area contributed by atoms with Crippen molar-refractivity contribution in [1.82, 2.24) is 14.5 Å². The van der Waals surface area contributed by atoms with Gasteiger partial charge in [0.2, 0.25) is 0 Å². The summed E-state index contributed by atoms with van der Waals surface area (Å²) in [7, 11) is 1.63. The van der Waals surface area contributed by atoms with Crippen LogP contribution in [0.1, 0.15) is 16.7 Å². The second kappa shape index (κ2) is 5.74. The molecule has 4 aromatic rings. The lowest BCUT2D eigenvalue weighted by molar-refractivity contribution is 0.411. The molecule has 4 rings (SSSR count). The molecule has 0 unspecified atom stereocenters. The first-order valence-electron chi connectivity index (χ1n) is 8.18. The van der Waals surface area contributed by atoms with Crippen molar-refractivity contribution in [3.05, 3.63) is 53.1 Å². The minimum absolute atomic E-state index is 0.331. The monoisotopic (exact) mass is 343 g/mol. The van der Waals surface area contributed by atoms with Gasteiger partial charge in [-0.3, -0.25) is 4.57 Å². The van der Waals surface area contributed by atoms with E-state index in [2.05, 4.69) is 11.1 Å². The zero-order chi connectivity index (χ0) is 18.4. The summed E-state index contributed by atoms with van der Waals surface area (Å²) in [5, 5.41) is 9.65. The number of nitriles is 1. The van der Waals surface area contributed by atoms with Gasteiger partial charge in [-0.25, -0.2) is 9.97 Å². The lowest BCUT2D eigenvalue weighted by Crippen LogP contribution is -2.06. The number of para-hydroxylation sites is 2. The SMILES string of the molecule is COc1ccc(C)c(-n2c(N)c(C#N)c3nc4ccccc4nc32)c1C. The molecule has 2 aromatic carbocycles. The van der Waals surface area contributed by atoms with E-state index in [0.717, 1.165) is 33.6 Å². The molecule has 2 aromatic heterocycles. The Morgan fingerprint density at radius 1 is 1.08 bits per heavy atom. The number of hydrogen-bond acceptors (Lipinski definition) is 5. The van der Waals surface area contributed by atoms with Crippen molar-refractivity contribution in [3.63, 3.8) is 0 Å². The number of ether oxygens (including phenoxy) is 1. The zero-order valence-corrected chi connectivity index (χ0v) is 14.7. The summed E-state index contributed by atoms with van der Waals surface area (Å²) < 4.78 is 7.27. The highest BCUT2D eigenvalue weighted by molar-refractivity contribution is 5.94. The van der Waals surface area contributed by atoms with Crippen molar-refractivity contribution in [2.75, 3.05) is 12.8 Å². The normalized spacial score (nSPS) is 11.0. The van der Waals surface area contributed by atoms with E-state index in [-0.39, 0.29) is 0 Å². The van der Waals surface area contributed by atoms with Gasteiger partial charge in [0, 0.05) is 5.56 Å². The number of aromatic nitrogens is 3. The summed E-state index contributed by atoms with van der Waals surface area (Å²) in [5.41, 5.74) is 12.0. The first-order chi connectivity index (χ1) is 12.6. The Kier molecular flexibility index (Phi) is 3.51. The Bertz CT molecular complexity index is 1220. The van der Waals surface area contributed by atoms with Crippen LogP contribution >= 0.6 is 0 Å². The van der Waals surface area contributed by atoms with Crippen LogP contribution < -0.4 is 10.5 Å². The molecule has 0 fully saturated rings. The van der Waals surface area contributed by atoms with Gasteiger partial charge in [0.1, 0.15) is 28.7 Å². The highest BCUT2D eigenvalue weighted by atomic mass is 16.5. The largest absolute Gasteiger partial charge is 0.496 e. The Morgan fingerprint density at radius 2 is 1.77 bits per heavy atom. The van der Waals surface area contributed by atoms with Crippen LogP contribution in [0.5, 0.6) is 5.75 Å². The average Bonchev–Trinajstić information content (AvgIpc) is 2.91. The number of hydrogen-bond donors (Lipinski definition) is 1. The van der Waals surface area contributed by atoms with Gasteiger partial charge in [0.25, 0.3) is 0 Å². The van der Waals surface area contributed by atoms with Crippen LogP contribution in [0.3, 0.4) is 0 Å². The van der Waals surface area contributed by atoms with E-state index in [1.807, 2.05) is 50.2 Å². The summed E-state index contributed by atoms with van der Waals surface area (Å²) in [6, 6.07) is 13.6. The van der Waals surface area contributed by atoms with Gasteiger partial charge in [-0.2, -0.15) is 5.26 Å². The second-order valence-electron chi connectivity index (χ2n) is 6.15. The molecular weight excluding hydrogens is 326 g/mol. The molecule has 0 aliphatic heterocycles. The first-order valence-corrected chi connectivity index (χ1v) is 8.18. The molecule has 0 aliphatic carbocycles. The molecule has 0 aliphatic rings. The molecule has 128 valence electrons. The van der Waals surface area contributed by atoms with Gasteiger partial charge in [0.15, 0.2) is 5.65 Å². The molecule has 26 heavy (non-hydrogen) atoms. The quantitative estimate of drug-likeness (QED) is 0.600. The van der Waals surface area contributed by atoms with Crippen LogP contribution in [0, 0.1) is 25.2 Å². The number of aryl methyl sites for hydroxylation is 1. The van der Waals surface area contributed by atoms with Crippen molar-refractivity contribution in [1.29, 1.82) is 5.26 Å². The van der Waals surface area contributed by atoms with E-state index in [1.54, 1.807) is 11.7 Å². The number of methoxy groups -OCH3 is 1. The van der Waals surface area contributed by atoms with Crippen molar-refractivity contribution in [3.8, 4) is 17.5 Å². The Morgan fingerprint density at radius 3 is 2.42 bits per heavy atom. The Balaban J connectivity index is 2.19. The first kappa shape index (κ1) is 15.9. The summed E-state index contributed by atoms with van der Waals surface area (Å²) in [6.07, 6.45) is 0. The van der Waals surface area contributed by atoms with Crippen molar-refractivity contribution >= 4 is 28.0 Å². The molecule has 0 saturated heterocycles. The van der Waals surface area contributed by atoms with Crippen LogP contribution in [0.4, 0.5) is 5.82 Å². The van der Waals surface area contributed by atoms with E-state index in [4.69, 9.17) is 15.5 Å². The van der Waals surface area contributed by atoms with E-state index in [9.17, 15) is 5.26 Å². The van der Waals surface area contributed by atoms with Gasteiger partial charge in [-0.1, -0.05) is 18.2 Å². The molecule has 6 nitrogen and oxygen atoms in total. The molecule has 0 saturated carbocycles. The van der Waals surface area contributed by atoms with E-state index in [0.29, 0.717) is 22.5 Å². The highest BCUT2D eigenvalue weighted by Crippen LogP contribution is 2.35. The van der Waals surface area contributed by atoms with E-state index in [1.165, 1.54) is 0 Å². The van der Waals surface area contributed by atoms with Crippen molar-refractivity contribution in [2.24, 2.45) is 0 Å². The maximum Gasteiger partial charge on any atom is 0.167 e. The fourth-order valence-electron chi connectivity index (χ4n) is 3.38. The van der Waals surface area contributed by atoms with Crippen LogP contribution in [-0.4, -0.2) is 21.6 Å². The Hall–Kier alpha value is -3.59. The second-order valence-corrected chi connectivity index (χ2v) is 6.15. The molecule has 0 spiro atoms. The highest BCUT2D eigenvalue weighted by Gasteiger charge is 2.22. The number of anilines is 1. The van der Waals surface area contributed by atoms with Gasteiger partial charge in [-0.05, 0) is 37.6 Å². The number of nitrogen functional groups attached to an aromatic ring is 1. The van der Waals surface area contributed by atoms with Crippen LogP contribution in [0.25, 0.3) is 27.9 Å². The molecule has 2 N–H and O–H groups in total. The summed E-state index contributed by atoms with van der Waals surface area (Å²) in [6.45, 7) is 3.96. The molecule has 0 radical (unpaired) electrons. The van der Waals surface area contributed by atoms with Crippen molar-refractivity contribution in [2.45, 2.75) is 13.8 Å². The summed E-state index contributed by atoms with van der Waals surface area (Å²) >= 11 is 0. The molecule has 0 atom stereocenters. The minimum Gasteiger partial charge on any atom is -0.496 e. The molecular formula is C20H17N5O. The van der Waals surface area contributed by atoms with E-state index >= 15 is 0 Å². The summed E-state index contributed by atoms with van der Waals surface area (Å²) in [4.78, 5) is 9.39. The van der Waals surface area contributed by atoms with Crippen LogP contribution in [0.15, 0.2) is 36.4 Å².